The van der Waals surface area contributed by atoms with Gasteiger partial charge in [-0.2, -0.15) is 0 Å². The Morgan fingerprint density at radius 3 is 2.30 bits per heavy atom. The molecule has 0 amide bonds. The number of rotatable bonds is 5. The number of alkyl halides is 2. The van der Waals surface area contributed by atoms with Crippen molar-refractivity contribution in [1.82, 2.24) is 0 Å². The molecule has 2 aromatic rings. The van der Waals surface area contributed by atoms with Crippen LogP contribution in [0.2, 0.25) is 0 Å². The molecule has 0 bridgehead atoms. The quantitative estimate of drug-likeness (QED) is 0.909. The lowest BCUT2D eigenvalue weighted by atomic mass is 10.0. The van der Waals surface area contributed by atoms with Crippen LogP contribution in [0.3, 0.4) is 0 Å². The molecular weight excluding hydrogens is 284 g/mol. The molecule has 0 aromatic heterocycles. The zero-order valence-corrected chi connectivity index (χ0v) is 11.6. The Balaban J connectivity index is 0.00000200. The van der Waals surface area contributed by atoms with Crippen LogP contribution in [-0.4, -0.2) is 13.0 Å². The van der Waals surface area contributed by atoms with E-state index in [0.717, 1.165) is 16.7 Å². The smallest absolute Gasteiger partial charge is 0.272 e. The topological polar surface area (TPSA) is 35.2 Å². The molecule has 0 unspecified atom stereocenters. The highest BCUT2D eigenvalue weighted by molar-refractivity contribution is 5.85. The molecule has 0 saturated carbocycles. The van der Waals surface area contributed by atoms with Crippen LogP contribution in [0, 0.1) is 0 Å². The van der Waals surface area contributed by atoms with E-state index in [1.165, 1.54) is 0 Å². The second-order valence-corrected chi connectivity index (χ2v) is 4.09. The van der Waals surface area contributed by atoms with Gasteiger partial charge >= 0.3 is 0 Å². The second-order valence-electron chi connectivity index (χ2n) is 4.09. The molecule has 0 aliphatic rings. The van der Waals surface area contributed by atoms with Gasteiger partial charge in [0.25, 0.3) is 6.43 Å². The summed E-state index contributed by atoms with van der Waals surface area (Å²) in [5.74, 6) is 0.421. The number of nitrogens with two attached hydrogens (primary N) is 1. The summed E-state index contributed by atoms with van der Waals surface area (Å²) < 4.78 is 29.6. The van der Waals surface area contributed by atoms with Crippen molar-refractivity contribution in [3.05, 3.63) is 54.1 Å². The Morgan fingerprint density at radius 2 is 1.70 bits per heavy atom. The number of hydrogen-bond acceptors (Lipinski definition) is 2. The summed E-state index contributed by atoms with van der Waals surface area (Å²) >= 11 is 0. The number of hydrogen-bond donors (Lipinski definition) is 1. The highest BCUT2D eigenvalue weighted by Crippen LogP contribution is 2.27. The maximum atomic E-state index is 12.2. The maximum absolute atomic E-state index is 12.2. The lowest BCUT2D eigenvalue weighted by Crippen LogP contribution is -2.09. The third kappa shape index (κ3) is 4.18. The first kappa shape index (κ1) is 16.4. The third-order valence-corrected chi connectivity index (χ3v) is 2.76. The fourth-order valence-corrected chi connectivity index (χ4v) is 1.82. The summed E-state index contributed by atoms with van der Waals surface area (Å²) in [6.07, 6.45) is -2.49. The van der Waals surface area contributed by atoms with E-state index in [2.05, 4.69) is 0 Å². The average Bonchev–Trinajstić information content (AvgIpc) is 2.45. The van der Waals surface area contributed by atoms with Crippen LogP contribution in [0.5, 0.6) is 5.75 Å². The minimum absolute atomic E-state index is 0. The summed E-state index contributed by atoms with van der Waals surface area (Å²) in [5.41, 5.74) is 8.23. The van der Waals surface area contributed by atoms with E-state index in [9.17, 15) is 8.78 Å². The molecule has 108 valence electrons. The first-order valence-corrected chi connectivity index (χ1v) is 6.00. The fraction of sp³-hybridized carbons (Fsp3) is 0.200. The van der Waals surface area contributed by atoms with Crippen LogP contribution in [-0.2, 0) is 6.54 Å². The van der Waals surface area contributed by atoms with E-state index in [1.54, 1.807) is 6.07 Å². The molecule has 2 aromatic carbocycles. The molecule has 0 aliphatic heterocycles. The maximum Gasteiger partial charge on any atom is 0.272 e. The SMILES string of the molecule is Cl.NCc1ccc(-c2ccccc2)cc1OCC(F)F. The van der Waals surface area contributed by atoms with E-state index in [0.29, 0.717) is 5.75 Å². The number of ether oxygens (including phenoxy) is 1. The van der Waals surface area contributed by atoms with Crippen LogP contribution >= 0.6 is 12.4 Å². The molecule has 2 N–H and O–H groups in total. The standard InChI is InChI=1S/C15H15F2NO.ClH/c16-15(17)10-19-14-8-12(6-7-13(14)9-18)11-4-2-1-3-5-11;/h1-8,15H,9-10,18H2;1H. The van der Waals surface area contributed by atoms with Gasteiger partial charge in [0.15, 0.2) is 0 Å². The highest BCUT2D eigenvalue weighted by atomic mass is 35.5. The predicted molar refractivity (Wildman–Crippen MR) is 78.5 cm³/mol. The van der Waals surface area contributed by atoms with Gasteiger partial charge in [-0.15, -0.1) is 12.4 Å². The van der Waals surface area contributed by atoms with Gasteiger partial charge in [0.1, 0.15) is 12.4 Å². The molecule has 0 spiro atoms. The summed E-state index contributed by atoms with van der Waals surface area (Å²) in [6, 6.07) is 15.1. The number of benzene rings is 2. The first-order chi connectivity index (χ1) is 9.20. The second kappa shape index (κ2) is 7.82. The van der Waals surface area contributed by atoms with Gasteiger partial charge in [-0.05, 0) is 17.2 Å². The zero-order valence-electron chi connectivity index (χ0n) is 10.8. The molecule has 20 heavy (non-hydrogen) atoms. The summed E-state index contributed by atoms with van der Waals surface area (Å²) in [7, 11) is 0. The van der Waals surface area contributed by atoms with Crippen molar-refractivity contribution < 1.29 is 13.5 Å². The van der Waals surface area contributed by atoms with Gasteiger partial charge in [0.2, 0.25) is 0 Å². The lowest BCUT2D eigenvalue weighted by molar-refractivity contribution is 0.0814. The van der Waals surface area contributed by atoms with E-state index in [4.69, 9.17) is 10.5 Å². The predicted octanol–water partition coefficient (Wildman–Crippen LogP) is 3.88. The molecule has 0 saturated heterocycles. The minimum atomic E-state index is -2.49. The molecule has 2 nitrogen and oxygen atoms in total. The van der Waals surface area contributed by atoms with Crippen LogP contribution in [0.15, 0.2) is 48.5 Å². The Labute approximate surface area is 123 Å². The first-order valence-electron chi connectivity index (χ1n) is 6.00. The van der Waals surface area contributed by atoms with Gasteiger partial charge in [-0.1, -0.05) is 42.5 Å². The van der Waals surface area contributed by atoms with Crippen LogP contribution in [0.4, 0.5) is 8.78 Å². The molecule has 2 rings (SSSR count). The van der Waals surface area contributed by atoms with Crippen molar-refractivity contribution in [2.45, 2.75) is 13.0 Å². The average molecular weight is 300 g/mol. The van der Waals surface area contributed by atoms with E-state index in [-0.39, 0.29) is 19.0 Å². The Hall–Kier alpha value is -1.65. The molecule has 0 aliphatic carbocycles. The van der Waals surface area contributed by atoms with Gasteiger partial charge in [-0.25, -0.2) is 8.78 Å². The monoisotopic (exact) mass is 299 g/mol. The zero-order chi connectivity index (χ0) is 13.7. The normalized spacial score (nSPS) is 10.2. The van der Waals surface area contributed by atoms with Crippen molar-refractivity contribution in [2.24, 2.45) is 5.73 Å². The van der Waals surface area contributed by atoms with E-state index >= 15 is 0 Å². The molecular formula is C15H16ClF2NO. The van der Waals surface area contributed by atoms with Crippen LogP contribution < -0.4 is 10.5 Å². The summed E-state index contributed by atoms with van der Waals surface area (Å²) in [6.45, 7) is -0.362. The highest BCUT2D eigenvalue weighted by Gasteiger charge is 2.09. The number of halogens is 3. The van der Waals surface area contributed by atoms with Gasteiger partial charge in [0.05, 0.1) is 0 Å². The van der Waals surface area contributed by atoms with Crippen LogP contribution in [0.1, 0.15) is 5.56 Å². The molecule has 0 heterocycles. The largest absolute Gasteiger partial charge is 0.487 e. The molecule has 0 atom stereocenters. The van der Waals surface area contributed by atoms with E-state index < -0.39 is 13.0 Å². The minimum Gasteiger partial charge on any atom is -0.487 e. The Kier molecular flexibility index (Phi) is 6.42. The lowest BCUT2D eigenvalue weighted by Gasteiger charge is -2.12. The van der Waals surface area contributed by atoms with Crippen molar-refractivity contribution in [2.75, 3.05) is 6.61 Å². The van der Waals surface area contributed by atoms with Gasteiger partial charge in [0, 0.05) is 12.1 Å². The summed E-state index contributed by atoms with van der Waals surface area (Å²) in [5, 5.41) is 0. The van der Waals surface area contributed by atoms with Crippen molar-refractivity contribution in [3.63, 3.8) is 0 Å². The van der Waals surface area contributed by atoms with E-state index in [1.807, 2.05) is 42.5 Å². The summed E-state index contributed by atoms with van der Waals surface area (Å²) in [4.78, 5) is 0. The van der Waals surface area contributed by atoms with Crippen molar-refractivity contribution >= 4 is 12.4 Å². The fourth-order valence-electron chi connectivity index (χ4n) is 1.82. The van der Waals surface area contributed by atoms with Gasteiger partial charge in [-0.3, -0.25) is 0 Å². The van der Waals surface area contributed by atoms with Crippen LogP contribution in [0.25, 0.3) is 11.1 Å². The molecule has 5 heteroatoms. The van der Waals surface area contributed by atoms with Crippen molar-refractivity contribution in [3.8, 4) is 16.9 Å². The molecule has 0 radical (unpaired) electrons. The Morgan fingerprint density at radius 1 is 1.00 bits per heavy atom. The third-order valence-electron chi connectivity index (χ3n) is 2.76. The Bertz CT molecular complexity index is 535. The van der Waals surface area contributed by atoms with Gasteiger partial charge < -0.3 is 10.5 Å². The molecule has 0 fully saturated rings. The van der Waals surface area contributed by atoms with Crippen molar-refractivity contribution in [1.29, 1.82) is 0 Å².